The molecule has 0 unspecified atom stereocenters. The first-order valence-corrected chi connectivity index (χ1v) is 13.3. The highest BCUT2D eigenvalue weighted by molar-refractivity contribution is 7.89. The number of amides is 1. The van der Waals surface area contributed by atoms with Gasteiger partial charge in [0.05, 0.1) is 17.5 Å². The molecule has 1 fully saturated rings. The number of sulfonamides is 1. The SMILES string of the molecule is CCOc1cc2c(cc1CN[C@@H](C)C(=O)Nc1ccc(S(=O)(=O)N3CCCC3)cc1)O[C@@H](C)C2. The molecule has 4 rings (SSSR count). The van der Waals surface area contributed by atoms with Gasteiger partial charge in [-0.2, -0.15) is 4.31 Å². The van der Waals surface area contributed by atoms with Gasteiger partial charge in [-0.1, -0.05) is 0 Å². The Morgan fingerprint density at radius 2 is 1.91 bits per heavy atom. The van der Waals surface area contributed by atoms with Crippen LogP contribution in [-0.2, 0) is 27.8 Å². The van der Waals surface area contributed by atoms with Gasteiger partial charge < -0.3 is 20.1 Å². The predicted octanol–water partition coefficient (Wildman–Crippen LogP) is 3.31. The Bertz CT molecular complexity index is 1130. The first-order valence-electron chi connectivity index (χ1n) is 11.9. The van der Waals surface area contributed by atoms with Crippen molar-refractivity contribution in [1.82, 2.24) is 9.62 Å². The summed E-state index contributed by atoms with van der Waals surface area (Å²) < 4.78 is 38.5. The highest BCUT2D eigenvalue weighted by Crippen LogP contribution is 2.35. The molecule has 2 heterocycles. The summed E-state index contributed by atoms with van der Waals surface area (Å²) in [5.74, 6) is 1.46. The van der Waals surface area contributed by atoms with Crippen LogP contribution in [0, 0.1) is 0 Å². The molecule has 2 atom stereocenters. The van der Waals surface area contributed by atoms with E-state index in [2.05, 4.69) is 10.6 Å². The van der Waals surface area contributed by atoms with Crippen LogP contribution in [0.5, 0.6) is 11.5 Å². The van der Waals surface area contributed by atoms with Crippen LogP contribution in [0.2, 0.25) is 0 Å². The average molecular weight is 488 g/mol. The van der Waals surface area contributed by atoms with Gasteiger partial charge in [-0.3, -0.25) is 4.79 Å². The Kier molecular flexibility index (Phi) is 7.45. The topological polar surface area (TPSA) is 97.0 Å². The van der Waals surface area contributed by atoms with E-state index >= 15 is 0 Å². The number of carbonyl (C=O) groups is 1. The highest BCUT2D eigenvalue weighted by Gasteiger charge is 2.27. The summed E-state index contributed by atoms with van der Waals surface area (Å²) in [6.07, 6.45) is 2.79. The molecule has 2 aliphatic rings. The van der Waals surface area contributed by atoms with Crippen molar-refractivity contribution in [2.24, 2.45) is 0 Å². The molecule has 0 radical (unpaired) electrons. The van der Waals surface area contributed by atoms with Gasteiger partial charge in [0.2, 0.25) is 15.9 Å². The monoisotopic (exact) mass is 487 g/mol. The average Bonchev–Trinajstić information content (AvgIpc) is 3.47. The second kappa shape index (κ2) is 10.3. The smallest absolute Gasteiger partial charge is 0.243 e. The lowest BCUT2D eigenvalue weighted by molar-refractivity contribution is -0.117. The molecule has 0 spiro atoms. The number of hydrogen-bond donors (Lipinski definition) is 2. The standard InChI is InChI=1S/C25H33N3O5S/c1-4-32-23-14-19-13-17(2)33-24(19)15-20(23)16-26-18(3)25(29)27-21-7-9-22(10-8-21)34(30,31)28-11-5-6-12-28/h7-10,14-15,17-18,26H,4-6,11-13,16H2,1-3H3,(H,27,29)/t17-,18-/m0/s1. The zero-order valence-corrected chi connectivity index (χ0v) is 20.8. The van der Waals surface area contributed by atoms with E-state index in [9.17, 15) is 13.2 Å². The van der Waals surface area contributed by atoms with E-state index in [-0.39, 0.29) is 16.9 Å². The van der Waals surface area contributed by atoms with Crippen LogP contribution in [-0.4, -0.2) is 50.5 Å². The van der Waals surface area contributed by atoms with Crippen LogP contribution in [0.3, 0.4) is 0 Å². The largest absolute Gasteiger partial charge is 0.494 e. The Morgan fingerprint density at radius 1 is 1.21 bits per heavy atom. The van der Waals surface area contributed by atoms with Gasteiger partial charge in [0.25, 0.3) is 0 Å². The first-order chi connectivity index (χ1) is 16.3. The molecule has 9 heteroatoms. The van der Waals surface area contributed by atoms with Gasteiger partial charge >= 0.3 is 0 Å². The molecule has 2 aromatic rings. The lowest BCUT2D eigenvalue weighted by atomic mass is 10.1. The summed E-state index contributed by atoms with van der Waals surface area (Å²) in [4.78, 5) is 13.0. The fourth-order valence-electron chi connectivity index (χ4n) is 4.30. The summed E-state index contributed by atoms with van der Waals surface area (Å²) >= 11 is 0. The van der Waals surface area contributed by atoms with Gasteiger partial charge in [0.15, 0.2) is 0 Å². The van der Waals surface area contributed by atoms with Crippen molar-refractivity contribution in [2.75, 3.05) is 25.0 Å². The molecule has 0 saturated carbocycles. The quantitative estimate of drug-likeness (QED) is 0.563. The maximum Gasteiger partial charge on any atom is 0.243 e. The van der Waals surface area contributed by atoms with Crippen LogP contribution in [0.4, 0.5) is 5.69 Å². The Hall–Kier alpha value is -2.62. The van der Waals surface area contributed by atoms with E-state index < -0.39 is 16.1 Å². The summed E-state index contributed by atoms with van der Waals surface area (Å²) in [5, 5.41) is 6.09. The van der Waals surface area contributed by atoms with Crippen LogP contribution in [0.25, 0.3) is 0 Å². The van der Waals surface area contributed by atoms with Crippen LogP contribution < -0.4 is 20.1 Å². The Labute approximate surface area is 201 Å². The molecular weight excluding hydrogens is 454 g/mol. The number of nitrogens with zero attached hydrogens (tertiary/aromatic N) is 1. The normalized spacial score (nSPS) is 18.9. The Morgan fingerprint density at radius 3 is 2.59 bits per heavy atom. The van der Waals surface area contributed by atoms with E-state index in [0.29, 0.717) is 31.9 Å². The molecule has 1 amide bonds. The predicted molar refractivity (Wildman–Crippen MR) is 131 cm³/mol. The minimum Gasteiger partial charge on any atom is -0.494 e. The van der Waals surface area contributed by atoms with Gasteiger partial charge in [0.1, 0.15) is 17.6 Å². The highest BCUT2D eigenvalue weighted by atomic mass is 32.2. The molecule has 2 aliphatic heterocycles. The van der Waals surface area contributed by atoms with E-state index in [4.69, 9.17) is 9.47 Å². The van der Waals surface area contributed by atoms with Crippen LogP contribution in [0.1, 0.15) is 44.7 Å². The fourth-order valence-corrected chi connectivity index (χ4v) is 5.82. The number of hydrogen-bond acceptors (Lipinski definition) is 6. The minimum absolute atomic E-state index is 0.147. The molecule has 8 nitrogen and oxygen atoms in total. The van der Waals surface area contributed by atoms with Crippen LogP contribution in [0.15, 0.2) is 41.3 Å². The summed E-state index contributed by atoms with van der Waals surface area (Å²) in [6.45, 7) is 7.90. The summed E-state index contributed by atoms with van der Waals surface area (Å²) in [5.41, 5.74) is 2.63. The van der Waals surface area contributed by atoms with Crippen molar-refractivity contribution < 1.29 is 22.7 Å². The third-order valence-corrected chi connectivity index (χ3v) is 8.11. The second-order valence-corrected chi connectivity index (χ2v) is 10.8. The van der Waals surface area contributed by atoms with Gasteiger partial charge in [0, 0.05) is 42.9 Å². The lowest BCUT2D eigenvalue weighted by Gasteiger charge is -2.18. The van der Waals surface area contributed by atoms with Crippen molar-refractivity contribution in [3.05, 3.63) is 47.5 Å². The van der Waals surface area contributed by atoms with E-state index in [1.54, 1.807) is 31.2 Å². The summed E-state index contributed by atoms with van der Waals surface area (Å²) in [6, 6.07) is 9.88. The first kappa shape index (κ1) is 24.5. The number of anilines is 1. The summed E-state index contributed by atoms with van der Waals surface area (Å²) in [7, 11) is -3.47. The number of fused-ring (bicyclic) bond motifs is 1. The van der Waals surface area contributed by atoms with Crippen molar-refractivity contribution in [2.45, 2.75) is 63.6 Å². The maximum atomic E-state index is 12.7. The minimum atomic E-state index is -3.47. The number of rotatable bonds is 9. The molecule has 1 saturated heterocycles. The van der Waals surface area contributed by atoms with Crippen molar-refractivity contribution in [3.63, 3.8) is 0 Å². The molecule has 0 aliphatic carbocycles. The molecular formula is C25H33N3O5S. The van der Waals surface area contributed by atoms with E-state index in [0.717, 1.165) is 41.9 Å². The molecule has 34 heavy (non-hydrogen) atoms. The maximum absolute atomic E-state index is 12.7. The van der Waals surface area contributed by atoms with Gasteiger partial charge in [-0.25, -0.2) is 8.42 Å². The number of nitrogens with one attached hydrogen (secondary N) is 2. The molecule has 2 N–H and O–H groups in total. The number of ether oxygens (including phenoxy) is 2. The molecule has 0 aromatic heterocycles. The van der Waals surface area contributed by atoms with Gasteiger partial charge in [-0.05, 0) is 70.0 Å². The zero-order chi connectivity index (χ0) is 24.3. The van der Waals surface area contributed by atoms with Crippen molar-refractivity contribution in [3.8, 4) is 11.5 Å². The Balaban J connectivity index is 1.36. The third-order valence-electron chi connectivity index (χ3n) is 6.20. The lowest BCUT2D eigenvalue weighted by Crippen LogP contribution is -2.37. The second-order valence-electron chi connectivity index (χ2n) is 8.86. The van der Waals surface area contributed by atoms with E-state index in [1.807, 2.05) is 26.0 Å². The van der Waals surface area contributed by atoms with Gasteiger partial charge in [-0.15, -0.1) is 0 Å². The molecule has 0 bridgehead atoms. The van der Waals surface area contributed by atoms with Crippen LogP contribution >= 0.6 is 0 Å². The fraction of sp³-hybridized carbons (Fsp3) is 0.480. The third kappa shape index (κ3) is 5.37. The number of benzene rings is 2. The number of carbonyl (C=O) groups excluding carboxylic acids is 1. The molecule has 184 valence electrons. The van der Waals surface area contributed by atoms with Crippen molar-refractivity contribution >= 4 is 21.6 Å². The zero-order valence-electron chi connectivity index (χ0n) is 20.0. The van der Waals surface area contributed by atoms with E-state index in [1.165, 1.54) is 4.31 Å². The molecule has 2 aromatic carbocycles. The van der Waals surface area contributed by atoms with Crippen molar-refractivity contribution in [1.29, 1.82) is 0 Å².